The van der Waals surface area contributed by atoms with Crippen LogP contribution in [0.3, 0.4) is 0 Å². The van der Waals surface area contributed by atoms with Crippen LogP contribution in [0.1, 0.15) is 25.0 Å². The standard InChI is InChI=1S/C15H21N3/c1-3-18-12-14(11-17-18)10-15(2,16)9-13-7-5-4-6-8-13/h4-8,11-12H,3,9-10,16H2,1-2H3. The molecule has 3 heteroatoms. The highest BCUT2D eigenvalue weighted by atomic mass is 15.3. The van der Waals surface area contributed by atoms with Crippen molar-refractivity contribution in [3.8, 4) is 0 Å². The first-order valence-electron chi connectivity index (χ1n) is 6.43. The molecule has 0 aliphatic heterocycles. The van der Waals surface area contributed by atoms with E-state index in [-0.39, 0.29) is 5.54 Å². The number of nitrogens with two attached hydrogens (primary N) is 1. The summed E-state index contributed by atoms with van der Waals surface area (Å²) in [5.41, 5.74) is 8.65. The van der Waals surface area contributed by atoms with Gasteiger partial charge in [-0.1, -0.05) is 30.3 Å². The fraction of sp³-hybridized carbons (Fsp3) is 0.400. The summed E-state index contributed by atoms with van der Waals surface area (Å²) in [5.74, 6) is 0. The van der Waals surface area contributed by atoms with Crippen LogP contribution in [0.25, 0.3) is 0 Å². The predicted molar refractivity (Wildman–Crippen MR) is 74.3 cm³/mol. The Morgan fingerprint density at radius 3 is 2.44 bits per heavy atom. The third-order valence-electron chi connectivity index (χ3n) is 3.07. The number of nitrogens with zero attached hydrogens (tertiary/aromatic N) is 2. The van der Waals surface area contributed by atoms with Crippen LogP contribution in [-0.4, -0.2) is 15.3 Å². The van der Waals surface area contributed by atoms with Crippen molar-refractivity contribution in [3.05, 3.63) is 53.9 Å². The van der Waals surface area contributed by atoms with E-state index in [1.165, 1.54) is 11.1 Å². The van der Waals surface area contributed by atoms with E-state index in [9.17, 15) is 0 Å². The third-order valence-corrected chi connectivity index (χ3v) is 3.07. The van der Waals surface area contributed by atoms with Gasteiger partial charge in [-0.05, 0) is 37.8 Å². The number of benzene rings is 1. The van der Waals surface area contributed by atoms with Crippen molar-refractivity contribution in [2.24, 2.45) is 5.73 Å². The molecule has 96 valence electrons. The molecule has 0 saturated carbocycles. The van der Waals surface area contributed by atoms with E-state index in [2.05, 4.69) is 49.4 Å². The number of hydrogen-bond acceptors (Lipinski definition) is 2. The van der Waals surface area contributed by atoms with Crippen LogP contribution in [0.4, 0.5) is 0 Å². The smallest absolute Gasteiger partial charge is 0.0522 e. The van der Waals surface area contributed by atoms with Crippen LogP contribution in [-0.2, 0) is 19.4 Å². The Morgan fingerprint density at radius 1 is 1.17 bits per heavy atom. The van der Waals surface area contributed by atoms with Crippen molar-refractivity contribution in [1.29, 1.82) is 0 Å². The van der Waals surface area contributed by atoms with E-state index in [0.717, 1.165) is 19.4 Å². The molecule has 0 saturated heterocycles. The highest BCUT2D eigenvalue weighted by molar-refractivity contribution is 5.19. The van der Waals surface area contributed by atoms with Gasteiger partial charge in [-0.2, -0.15) is 5.10 Å². The minimum absolute atomic E-state index is 0.233. The normalized spacial score (nSPS) is 14.4. The van der Waals surface area contributed by atoms with Gasteiger partial charge >= 0.3 is 0 Å². The molecule has 1 aromatic heterocycles. The van der Waals surface area contributed by atoms with Crippen LogP contribution >= 0.6 is 0 Å². The highest BCUT2D eigenvalue weighted by Gasteiger charge is 2.20. The molecule has 2 rings (SSSR count). The molecule has 0 spiro atoms. The molecule has 1 heterocycles. The molecule has 2 aromatic rings. The van der Waals surface area contributed by atoms with Gasteiger partial charge in [0.2, 0.25) is 0 Å². The molecule has 0 aliphatic carbocycles. The fourth-order valence-electron chi connectivity index (χ4n) is 2.26. The summed E-state index contributed by atoms with van der Waals surface area (Å²) in [6, 6.07) is 10.4. The molecule has 0 amide bonds. The van der Waals surface area contributed by atoms with Gasteiger partial charge in [-0.25, -0.2) is 0 Å². The van der Waals surface area contributed by atoms with Crippen LogP contribution in [0.2, 0.25) is 0 Å². The summed E-state index contributed by atoms with van der Waals surface area (Å²) in [4.78, 5) is 0. The Morgan fingerprint density at radius 2 is 1.83 bits per heavy atom. The maximum atomic E-state index is 6.39. The molecular formula is C15H21N3. The van der Waals surface area contributed by atoms with Crippen LogP contribution in [0, 0.1) is 0 Å². The van der Waals surface area contributed by atoms with E-state index in [1.54, 1.807) is 0 Å². The molecule has 1 atom stereocenters. The molecule has 0 bridgehead atoms. The van der Waals surface area contributed by atoms with Gasteiger partial charge in [0.25, 0.3) is 0 Å². The summed E-state index contributed by atoms with van der Waals surface area (Å²) < 4.78 is 1.94. The van der Waals surface area contributed by atoms with Crippen LogP contribution in [0.5, 0.6) is 0 Å². The first-order chi connectivity index (χ1) is 8.59. The zero-order valence-electron chi connectivity index (χ0n) is 11.1. The van der Waals surface area contributed by atoms with E-state index < -0.39 is 0 Å². The monoisotopic (exact) mass is 243 g/mol. The summed E-state index contributed by atoms with van der Waals surface area (Å²) in [6.45, 7) is 5.09. The number of aryl methyl sites for hydroxylation is 1. The lowest BCUT2D eigenvalue weighted by Gasteiger charge is -2.24. The zero-order chi connectivity index (χ0) is 13.0. The summed E-state index contributed by atoms with van der Waals surface area (Å²) in [6.07, 6.45) is 5.72. The van der Waals surface area contributed by atoms with Gasteiger partial charge in [0.15, 0.2) is 0 Å². The summed E-state index contributed by atoms with van der Waals surface area (Å²) in [7, 11) is 0. The molecular weight excluding hydrogens is 222 g/mol. The summed E-state index contributed by atoms with van der Waals surface area (Å²) >= 11 is 0. The number of aromatic nitrogens is 2. The van der Waals surface area contributed by atoms with Crippen LogP contribution in [0.15, 0.2) is 42.7 Å². The Labute approximate surface area is 109 Å². The van der Waals surface area contributed by atoms with Crippen LogP contribution < -0.4 is 5.73 Å². The highest BCUT2D eigenvalue weighted by Crippen LogP contribution is 2.16. The fourth-order valence-corrected chi connectivity index (χ4v) is 2.26. The molecule has 1 unspecified atom stereocenters. The van der Waals surface area contributed by atoms with E-state index >= 15 is 0 Å². The van der Waals surface area contributed by atoms with Crippen molar-refractivity contribution in [1.82, 2.24) is 9.78 Å². The van der Waals surface area contributed by atoms with Gasteiger partial charge in [-0.15, -0.1) is 0 Å². The van der Waals surface area contributed by atoms with Crippen molar-refractivity contribution < 1.29 is 0 Å². The molecule has 0 aliphatic rings. The lowest BCUT2D eigenvalue weighted by Crippen LogP contribution is -2.40. The van der Waals surface area contributed by atoms with Gasteiger partial charge in [0, 0.05) is 18.3 Å². The number of rotatable bonds is 5. The van der Waals surface area contributed by atoms with Crippen molar-refractivity contribution in [3.63, 3.8) is 0 Å². The maximum absolute atomic E-state index is 6.39. The maximum Gasteiger partial charge on any atom is 0.0522 e. The molecule has 0 fully saturated rings. The Bertz CT molecular complexity index is 485. The Balaban J connectivity index is 2.02. The minimum atomic E-state index is -0.233. The lowest BCUT2D eigenvalue weighted by atomic mass is 9.88. The second-order valence-electron chi connectivity index (χ2n) is 5.20. The van der Waals surface area contributed by atoms with E-state index in [0.29, 0.717) is 0 Å². The van der Waals surface area contributed by atoms with Crippen molar-refractivity contribution in [2.75, 3.05) is 0 Å². The first-order valence-corrected chi connectivity index (χ1v) is 6.43. The van der Waals surface area contributed by atoms with E-state index in [1.807, 2.05) is 16.9 Å². The third kappa shape index (κ3) is 3.44. The topological polar surface area (TPSA) is 43.8 Å². The van der Waals surface area contributed by atoms with Gasteiger partial charge in [0.05, 0.1) is 6.20 Å². The largest absolute Gasteiger partial charge is 0.325 e. The van der Waals surface area contributed by atoms with Crippen molar-refractivity contribution in [2.45, 2.75) is 38.8 Å². The van der Waals surface area contributed by atoms with Crippen molar-refractivity contribution >= 4 is 0 Å². The minimum Gasteiger partial charge on any atom is -0.325 e. The molecule has 2 N–H and O–H groups in total. The lowest BCUT2D eigenvalue weighted by molar-refractivity contribution is 0.462. The van der Waals surface area contributed by atoms with Gasteiger partial charge in [0.1, 0.15) is 0 Å². The zero-order valence-corrected chi connectivity index (χ0v) is 11.1. The summed E-state index contributed by atoms with van der Waals surface area (Å²) in [5, 5.41) is 4.29. The average Bonchev–Trinajstić information content (AvgIpc) is 2.76. The Kier molecular flexibility index (Phi) is 3.82. The van der Waals surface area contributed by atoms with Gasteiger partial charge in [-0.3, -0.25) is 4.68 Å². The number of hydrogen-bond donors (Lipinski definition) is 1. The average molecular weight is 243 g/mol. The van der Waals surface area contributed by atoms with Gasteiger partial charge < -0.3 is 5.73 Å². The molecule has 0 radical (unpaired) electrons. The quantitative estimate of drug-likeness (QED) is 0.876. The predicted octanol–water partition coefficient (Wildman–Crippen LogP) is 2.41. The molecule has 1 aromatic carbocycles. The molecule has 3 nitrogen and oxygen atoms in total. The molecule has 18 heavy (non-hydrogen) atoms. The SMILES string of the molecule is CCn1cc(CC(C)(N)Cc2ccccc2)cn1. The second kappa shape index (κ2) is 5.36. The Hall–Kier alpha value is -1.61. The van der Waals surface area contributed by atoms with E-state index in [4.69, 9.17) is 5.73 Å². The second-order valence-corrected chi connectivity index (χ2v) is 5.20. The first kappa shape index (κ1) is 12.8.